The molecule has 0 amide bonds. The van der Waals surface area contributed by atoms with E-state index in [1.54, 1.807) is 6.21 Å². The number of likely N-dealkylation sites (tertiary alicyclic amines) is 1. The van der Waals surface area contributed by atoms with Crippen molar-refractivity contribution < 1.29 is 0 Å². The summed E-state index contributed by atoms with van der Waals surface area (Å²) in [6.45, 7) is 5.67. The monoisotopic (exact) mass is 322 g/mol. The zero-order chi connectivity index (χ0) is 13.7. The smallest absolute Gasteiger partial charge is 0.0178 e. The molecule has 3 heteroatoms. The molecule has 0 saturated carbocycles. The van der Waals surface area contributed by atoms with Gasteiger partial charge in [-0.15, -0.1) is 0 Å². The van der Waals surface area contributed by atoms with Crippen molar-refractivity contribution in [2.75, 3.05) is 19.6 Å². The van der Waals surface area contributed by atoms with Crippen molar-refractivity contribution in [2.24, 2.45) is 5.92 Å². The molecule has 1 N–H and O–H groups in total. The van der Waals surface area contributed by atoms with Crippen molar-refractivity contribution in [1.82, 2.24) is 4.90 Å². The third-order valence-corrected chi connectivity index (χ3v) is 4.64. The molecule has 1 aromatic carbocycles. The first-order chi connectivity index (χ1) is 9.20. The first-order valence-corrected chi connectivity index (χ1v) is 7.98. The van der Waals surface area contributed by atoms with Gasteiger partial charge in [0.15, 0.2) is 0 Å². The summed E-state index contributed by atoms with van der Waals surface area (Å²) in [5.41, 5.74) is 1.32. The Morgan fingerprint density at radius 2 is 2.05 bits per heavy atom. The molecule has 0 radical (unpaired) electrons. The summed E-state index contributed by atoms with van der Waals surface area (Å²) in [6.07, 6.45) is 5.64. The van der Waals surface area contributed by atoms with Gasteiger partial charge in [-0.2, -0.15) is 0 Å². The zero-order valence-corrected chi connectivity index (χ0v) is 13.2. The molecule has 19 heavy (non-hydrogen) atoms. The predicted octanol–water partition coefficient (Wildman–Crippen LogP) is 4.30. The Balaban J connectivity index is 2.01. The lowest BCUT2D eigenvalue weighted by Gasteiger charge is -2.31. The lowest BCUT2D eigenvalue weighted by molar-refractivity contribution is 0.207. The summed E-state index contributed by atoms with van der Waals surface area (Å²) in [5.74, 6) is 0.712. The lowest BCUT2D eigenvalue weighted by atomic mass is 9.87. The number of hydrogen-bond acceptors (Lipinski definition) is 2. The highest BCUT2D eigenvalue weighted by Gasteiger charge is 2.21. The molecular formula is C16H23BrN2. The molecule has 2 rings (SSSR count). The average Bonchev–Trinajstić information content (AvgIpc) is 2.45. The fourth-order valence-corrected chi connectivity index (χ4v) is 3.25. The minimum atomic E-state index is 0.312. The van der Waals surface area contributed by atoms with Crippen molar-refractivity contribution in [2.45, 2.75) is 32.1 Å². The lowest BCUT2D eigenvalue weighted by Crippen LogP contribution is -2.36. The van der Waals surface area contributed by atoms with E-state index in [-0.39, 0.29) is 0 Å². The second kappa shape index (κ2) is 7.20. The SMILES string of the molecule is CC(c1cccc(Br)c1)C(C=N)CN1CCCCC1. The van der Waals surface area contributed by atoms with Crippen LogP contribution in [0, 0.1) is 11.3 Å². The summed E-state index contributed by atoms with van der Waals surface area (Å²) < 4.78 is 1.12. The van der Waals surface area contributed by atoms with E-state index >= 15 is 0 Å². The third kappa shape index (κ3) is 4.15. The van der Waals surface area contributed by atoms with Crippen molar-refractivity contribution >= 4 is 22.1 Å². The fraction of sp³-hybridized carbons (Fsp3) is 0.562. The summed E-state index contributed by atoms with van der Waals surface area (Å²) in [6, 6.07) is 8.48. The van der Waals surface area contributed by atoms with Crippen molar-refractivity contribution in [3.05, 3.63) is 34.3 Å². The van der Waals surface area contributed by atoms with Gasteiger partial charge < -0.3 is 10.3 Å². The van der Waals surface area contributed by atoms with Gasteiger partial charge in [0, 0.05) is 23.1 Å². The summed E-state index contributed by atoms with van der Waals surface area (Å²) in [7, 11) is 0. The van der Waals surface area contributed by atoms with Gasteiger partial charge in [-0.1, -0.05) is 41.4 Å². The molecule has 0 aliphatic carbocycles. The highest BCUT2D eigenvalue weighted by molar-refractivity contribution is 9.10. The quantitative estimate of drug-likeness (QED) is 0.804. The Hall–Kier alpha value is -0.670. The molecule has 1 aromatic rings. The van der Waals surface area contributed by atoms with Gasteiger partial charge in [-0.3, -0.25) is 0 Å². The molecule has 2 nitrogen and oxygen atoms in total. The Bertz CT molecular complexity index is 413. The molecule has 1 fully saturated rings. The maximum atomic E-state index is 7.75. The first-order valence-electron chi connectivity index (χ1n) is 7.19. The van der Waals surface area contributed by atoms with E-state index in [0.717, 1.165) is 11.0 Å². The van der Waals surface area contributed by atoms with Crippen LogP contribution in [0.5, 0.6) is 0 Å². The first kappa shape index (κ1) is 14.7. The second-order valence-electron chi connectivity index (χ2n) is 5.54. The summed E-state index contributed by atoms with van der Waals surface area (Å²) >= 11 is 3.53. The molecule has 2 atom stereocenters. The van der Waals surface area contributed by atoms with Crippen LogP contribution in [-0.2, 0) is 0 Å². The number of piperidine rings is 1. The van der Waals surface area contributed by atoms with Gasteiger partial charge in [-0.25, -0.2) is 0 Å². The van der Waals surface area contributed by atoms with Gasteiger partial charge in [0.1, 0.15) is 0 Å². The van der Waals surface area contributed by atoms with Crippen LogP contribution in [0.2, 0.25) is 0 Å². The molecule has 0 bridgehead atoms. The Labute approximate surface area is 124 Å². The van der Waals surface area contributed by atoms with E-state index in [9.17, 15) is 0 Å². The van der Waals surface area contributed by atoms with Crippen LogP contribution in [0.3, 0.4) is 0 Å². The van der Waals surface area contributed by atoms with Gasteiger partial charge >= 0.3 is 0 Å². The third-order valence-electron chi connectivity index (χ3n) is 4.15. The molecule has 1 heterocycles. The maximum absolute atomic E-state index is 7.75. The zero-order valence-electron chi connectivity index (χ0n) is 11.6. The van der Waals surface area contributed by atoms with E-state index in [0.29, 0.717) is 11.8 Å². The largest absolute Gasteiger partial charge is 0.313 e. The van der Waals surface area contributed by atoms with Gasteiger partial charge in [0.05, 0.1) is 0 Å². The van der Waals surface area contributed by atoms with E-state index in [2.05, 4.69) is 52.0 Å². The normalized spacial score (nSPS) is 19.9. The highest BCUT2D eigenvalue weighted by atomic mass is 79.9. The topological polar surface area (TPSA) is 27.1 Å². The number of benzene rings is 1. The van der Waals surface area contributed by atoms with Crippen molar-refractivity contribution in [1.29, 1.82) is 5.41 Å². The molecule has 1 saturated heterocycles. The fourth-order valence-electron chi connectivity index (χ4n) is 2.83. The van der Waals surface area contributed by atoms with Gasteiger partial charge in [0.2, 0.25) is 0 Å². The Kier molecular flexibility index (Phi) is 5.59. The Morgan fingerprint density at radius 1 is 1.32 bits per heavy atom. The van der Waals surface area contributed by atoms with Crippen LogP contribution in [0.4, 0.5) is 0 Å². The second-order valence-corrected chi connectivity index (χ2v) is 6.45. The van der Waals surface area contributed by atoms with Crippen LogP contribution >= 0.6 is 15.9 Å². The Morgan fingerprint density at radius 3 is 2.68 bits per heavy atom. The number of hydrogen-bond donors (Lipinski definition) is 1. The van der Waals surface area contributed by atoms with Crippen LogP contribution in [0.1, 0.15) is 37.7 Å². The standard InChI is InChI=1S/C16H23BrN2/c1-13(14-6-5-7-16(17)10-14)15(11-18)12-19-8-3-2-4-9-19/h5-7,10-11,13,15,18H,2-4,8-9,12H2,1H3. The van der Waals surface area contributed by atoms with Crippen LogP contribution in [-0.4, -0.2) is 30.7 Å². The van der Waals surface area contributed by atoms with E-state index < -0.39 is 0 Å². The van der Waals surface area contributed by atoms with E-state index in [1.807, 2.05) is 0 Å². The van der Waals surface area contributed by atoms with Gasteiger partial charge in [-0.05, 0) is 49.5 Å². The predicted molar refractivity (Wildman–Crippen MR) is 85.1 cm³/mol. The molecule has 104 valence electrons. The number of rotatable bonds is 5. The van der Waals surface area contributed by atoms with Crippen LogP contribution in [0.25, 0.3) is 0 Å². The van der Waals surface area contributed by atoms with E-state index in [1.165, 1.54) is 37.9 Å². The molecule has 1 aliphatic heterocycles. The van der Waals surface area contributed by atoms with Crippen molar-refractivity contribution in [3.63, 3.8) is 0 Å². The summed E-state index contributed by atoms with van der Waals surface area (Å²) in [5, 5.41) is 7.75. The number of nitrogens with one attached hydrogen (secondary N) is 1. The molecule has 0 aromatic heterocycles. The molecular weight excluding hydrogens is 300 g/mol. The van der Waals surface area contributed by atoms with Crippen molar-refractivity contribution in [3.8, 4) is 0 Å². The molecule has 2 unspecified atom stereocenters. The number of nitrogens with zero attached hydrogens (tertiary/aromatic N) is 1. The highest BCUT2D eigenvalue weighted by Crippen LogP contribution is 2.27. The summed E-state index contributed by atoms with van der Waals surface area (Å²) in [4.78, 5) is 2.52. The van der Waals surface area contributed by atoms with Crippen LogP contribution < -0.4 is 0 Å². The minimum Gasteiger partial charge on any atom is -0.313 e. The van der Waals surface area contributed by atoms with E-state index in [4.69, 9.17) is 5.41 Å². The average molecular weight is 323 g/mol. The number of halogens is 1. The maximum Gasteiger partial charge on any atom is 0.0178 e. The minimum absolute atomic E-state index is 0.312. The molecule has 0 spiro atoms. The van der Waals surface area contributed by atoms with Gasteiger partial charge in [0.25, 0.3) is 0 Å². The molecule has 1 aliphatic rings. The van der Waals surface area contributed by atoms with Crippen LogP contribution in [0.15, 0.2) is 28.7 Å².